The number of amides is 1. The lowest BCUT2D eigenvalue weighted by Crippen LogP contribution is -2.43. The van der Waals surface area contributed by atoms with Gasteiger partial charge in [0.15, 0.2) is 0 Å². The number of alkyl halides is 3. The maximum Gasteiger partial charge on any atom is 0.471 e. The molecule has 1 heterocycles. The molecular weight excluding hydrogens is 335 g/mol. The third-order valence-corrected chi connectivity index (χ3v) is 5.03. The lowest BCUT2D eigenvalue weighted by Gasteiger charge is -2.29. The molecule has 1 amide bonds. The summed E-state index contributed by atoms with van der Waals surface area (Å²) in [6.07, 6.45) is -4.35. The van der Waals surface area contributed by atoms with Crippen molar-refractivity contribution in [2.45, 2.75) is 29.8 Å². The average molecular weight is 351 g/mol. The van der Waals surface area contributed by atoms with Crippen LogP contribution in [0, 0.1) is 0 Å². The lowest BCUT2D eigenvalue weighted by atomic mass is 10.00. The Balaban J connectivity index is 1.70. The minimum absolute atomic E-state index is 0.0212. The maximum absolute atomic E-state index is 12.6. The van der Waals surface area contributed by atoms with Crippen LogP contribution in [0.3, 0.4) is 0 Å². The zero-order valence-corrected chi connectivity index (χ0v) is 13.7. The summed E-state index contributed by atoms with van der Waals surface area (Å²) in [7, 11) is 0. The van der Waals surface area contributed by atoms with Crippen molar-refractivity contribution in [2.24, 2.45) is 0 Å². The first-order valence-corrected chi connectivity index (χ1v) is 8.56. The first-order chi connectivity index (χ1) is 11.4. The molecular formula is C18H16F3NOS. The van der Waals surface area contributed by atoms with Crippen LogP contribution in [0.25, 0.3) is 0 Å². The number of fused-ring (bicyclic) bond motifs is 1. The number of rotatable bonds is 3. The normalized spacial score (nSPS) is 14.4. The Kier molecular flexibility index (Phi) is 4.85. The summed E-state index contributed by atoms with van der Waals surface area (Å²) in [6.45, 7) is 0.134. The highest BCUT2D eigenvalue weighted by atomic mass is 32.2. The van der Waals surface area contributed by atoms with Crippen LogP contribution in [-0.2, 0) is 23.5 Å². The predicted molar refractivity (Wildman–Crippen MR) is 87.6 cm³/mol. The van der Waals surface area contributed by atoms with Crippen LogP contribution in [0.4, 0.5) is 13.2 Å². The number of hydrogen-bond donors (Lipinski definition) is 0. The van der Waals surface area contributed by atoms with Gasteiger partial charge in [0.1, 0.15) is 0 Å². The van der Waals surface area contributed by atoms with E-state index in [1.165, 1.54) is 5.56 Å². The molecule has 0 radical (unpaired) electrons. The minimum atomic E-state index is -4.81. The van der Waals surface area contributed by atoms with E-state index in [-0.39, 0.29) is 13.1 Å². The van der Waals surface area contributed by atoms with Crippen LogP contribution in [0.2, 0.25) is 0 Å². The van der Waals surface area contributed by atoms with Gasteiger partial charge in [0, 0.05) is 23.7 Å². The van der Waals surface area contributed by atoms with Gasteiger partial charge in [-0.2, -0.15) is 13.2 Å². The largest absolute Gasteiger partial charge is 0.471 e. The third kappa shape index (κ3) is 3.93. The topological polar surface area (TPSA) is 20.3 Å². The summed E-state index contributed by atoms with van der Waals surface area (Å²) in [4.78, 5) is 13.3. The number of benzene rings is 2. The summed E-state index contributed by atoms with van der Waals surface area (Å²) in [6, 6.07) is 15.8. The highest BCUT2D eigenvalue weighted by Crippen LogP contribution is 2.29. The van der Waals surface area contributed by atoms with E-state index < -0.39 is 12.1 Å². The van der Waals surface area contributed by atoms with E-state index >= 15 is 0 Å². The van der Waals surface area contributed by atoms with E-state index in [9.17, 15) is 18.0 Å². The first kappa shape index (κ1) is 16.9. The van der Waals surface area contributed by atoms with E-state index in [4.69, 9.17) is 0 Å². The maximum atomic E-state index is 12.6. The number of halogens is 3. The fourth-order valence-electron chi connectivity index (χ4n) is 2.72. The molecule has 0 N–H and O–H groups in total. The molecule has 0 aromatic heterocycles. The molecule has 2 aromatic carbocycles. The molecule has 0 aliphatic carbocycles. The Labute approximate surface area is 142 Å². The Hall–Kier alpha value is -1.95. The van der Waals surface area contributed by atoms with E-state index in [0.29, 0.717) is 6.42 Å². The van der Waals surface area contributed by atoms with Gasteiger partial charge < -0.3 is 4.90 Å². The second-order valence-corrected chi connectivity index (χ2v) is 6.73. The summed E-state index contributed by atoms with van der Waals surface area (Å²) in [5.74, 6) is -0.958. The minimum Gasteiger partial charge on any atom is -0.330 e. The number of hydrogen-bond acceptors (Lipinski definition) is 2. The fourth-order valence-corrected chi connectivity index (χ4v) is 3.63. The van der Waals surface area contributed by atoms with E-state index in [1.807, 2.05) is 48.5 Å². The molecule has 0 bridgehead atoms. The average Bonchev–Trinajstić information content (AvgIpc) is 2.58. The second kappa shape index (κ2) is 6.89. The van der Waals surface area contributed by atoms with Crippen molar-refractivity contribution < 1.29 is 18.0 Å². The van der Waals surface area contributed by atoms with E-state index in [0.717, 1.165) is 26.7 Å². The molecule has 0 saturated heterocycles. The van der Waals surface area contributed by atoms with Gasteiger partial charge in [-0.1, -0.05) is 36.4 Å². The van der Waals surface area contributed by atoms with Crippen LogP contribution >= 0.6 is 11.8 Å². The third-order valence-electron chi connectivity index (χ3n) is 3.97. The molecule has 126 valence electrons. The highest BCUT2D eigenvalue weighted by molar-refractivity contribution is 7.98. The van der Waals surface area contributed by atoms with Gasteiger partial charge in [-0.05, 0) is 35.2 Å². The van der Waals surface area contributed by atoms with Crippen molar-refractivity contribution in [3.63, 3.8) is 0 Å². The Morgan fingerprint density at radius 1 is 1.08 bits per heavy atom. The molecule has 2 nitrogen and oxygen atoms in total. The Morgan fingerprint density at radius 3 is 2.54 bits per heavy atom. The van der Waals surface area contributed by atoms with Crippen LogP contribution in [0.1, 0.15) is 16.7 Å². The van der Waals surface area contributed by atoms with Crippen LogP contribution in [-0.4, -0.2) is 23.5 Å². The van der Waals surface area contributed by atoms with Crippen molar-refractivity contribution in [1.82, 2.24) is 4.90 Å². The van der Waals surface area contributed by atoms with Gasteiger partial charge in [-0.3, -0.25) is 4.79 Å². The van der Waals surface area contributed by atoms with Gasteiger partial charge in [-0.25, -0.2) is 0 Å². The van der Waals surface area contributed by atoms with Crippen molar-refractivity contribution >= 4 is 17.7 Å². The molecule has 6 heteroatoms. The lowest BCUT2D eigenvalue weighted by molar-refractivity contribution is -0.186. The number of carbonyl (C=O) groups is 1. The Bertz CT molecular complexity index is 731. The van der Waals surface area contributed by atoms with Crippen molar-refractivity contribution in [2.75, 3.05) is 6.54 Å². The molecule has 1 aliphatic rings. The smallest absolute Gasteiger partial charge is 0.330 e. The molecule has 0 atom stereocenters. The molecule has 2 aromatic rings. The van der Waals surface area contributed by atoms with Crippen molar-refractivity contribution in [3.8, 4) is 0 Å². The van der Waals surface area contributed by atoms with Gasteiger partial charge in [0.2, 0.25) is 0 Å². The monoisotopic (exact) mass is 351 g/mol. The molecule has 0 unspecified atom stereocenters. The van der Waals surface area contributed by atoms with Crippen LogP contribution in [0.15, 0.2) is 53.4 Å². The predicted octanol–water partition coefficient (Wildman–Crippen LogP) is 4.43. The van der Waals surface area contributed by atoms with Crippen molar-refractivity contribution in [3.05, 3.63) is 65.2 Å². The quantitative estimate of drug-likeness (QED) is 0.763. The van der Waals surface area contributed by atoms with Gasteiger partial charge in [0.05, 0.1) is 0 Å². The fraction of sp³-hybridized carbons (Fsp3) is 0.278. The zero-order chi connectivity index (χ0) is 17.2. The molecule has 0 saturated carbocycles. The Morgan fingerprint density at radius 2 is 1.83 bits per heavy atom. The SMILES string of the molecule is O=C(N1CCc2ccc(SCc3ccccc3)cc2C1)C(F)(F)F. The van der Waals surface area contributed by atoms with Crippen LogP contribution in [0.5, 0.6) is 0 Å². The molecule has 24 heavy (non-hydrogen) atoms. The number of carbonyl (C=O) groups excluding carboxylic acids is 1. The molecule has 1 aliphatic heterocycles. The summed E-state index contributed by atoms with van der Waals surface area (Å²) >= 11 is 1.64. The molecule has 0 spiro atoms. The number of thioether (sulfide) groups is 1. The summed E-state index contributed by atoms with van der Waals surface area (Å²) in [5.41, 5.74) is 3.01. The highest BCUT2D eigenvalue weighted by Gasteiger charge is 2.43. The van der Waals surface area contributed by atoms with Gasteiger partial charge >= 0.3 is 12.1 Å². The standard InChI is InChI=1S/C18H16F3NOS/c19-18(20,21)17(23)22-9-8-14-6-7-16(10-15(14)11-22)24-12-13-4-2-1-3-5-13/h1-7,10H,8-9,11-12H2. The first-order valence-electron chi connectivity index (χ1n) is 7.58. The van der Waals surface area contributed by atoms with E-state index in [2.05, 4.69) is 0 Å². The summed E-state index contributed by atoms with van der Waals surface area (Å²) < 4.78 is 37.8. The zero-order valence-electron chi connectivity index (χ0n) is 12.8. The number of nitrogens with zero attached hydrogens (tertiary/aromatic N) is 1. The van der Waals surface area contributed by atoms with Crippen molar-refractivity contribution in [1.29, 1.82) is 0 Å². The van der Waals surface area contributed by atoms with Crippen LogP contribution < -0.4 is 0 Å². The van der Waals surface area contributed by atoms with E-state index in [1.54, 1.807) is 11.8 Å². The molecule has 0 fully saturated rings. The molecule has 3 rings (SSSR count). The summed E-state index contributed by atoms with van der Waals surface area (Å²) in [5, 5.41) is 0. The van der Waals surface area contributed by atoms with Gasteiger partial charge in [-0.15, -0.1) is 11.8 Å². The van der Waals surface area contributed by atoms with Gasteiger partial charge in [0.25, 0.3) is 0 Å². The second-order valence-electron chi connectivity index (χ2n) is 5.68.